The predicted octanol–water partition coefficient (Wildman–Crippen LogP) is 2.45. The van der Waals surface area contributed by atoms with E-state index in [9.17, 15) is 9.18 Å². The number of ether oxygens (including phenoxy) is 2. The van der Waals surface area contributed by atoms with Crippen molar-refractivity contribution in [3.63, 3.8) is 0 Å². The minimum atomic E-state index is -0.464. The molecule has 1 saturated heterocycles. The highest BCUT2D eigenvalue weighted by atomic mass is 19.1. The molecule has 0 saturated carbocycles. The summed E-state index contributed by atoms with van der Waals surface area (Å²) >= 11 is 0. The van der Waals surface area contributed by atoms with Crippen LogP contribution in [0.15, 0.2) is 18.2 Å². The normalized spacial score (nSPS) is 16.1. The van der Waals surface area contributed by atoms with Crippen LogP contribution in [-0.2, 0) is 9.47 Å². The molecule has 1 fully saturated rings. The fourth-order valence-electron chi connectivity index (χ4n) is 2.11. The number of hydrogen-bond acceptors (Lipinski definition) is 4. The number of esters is 1. The molecule has 0 bridgehead atoms. The largest absolute Gasteiger partial charge is 0.465 e. The van der Waals surface area contributed by atoms with E-state index in [1.54, 1.807) is 0 Å². The molecule has 4 nitrogen and oxygen atoms in total. The highest BCUT2D eigenvalue weighted by Crippen LogP contribution is 2.20. The lowest BCUT2D eigenvalue weighted by Crippen LogP contribution is -2.23. The number of hydrogen-bond donors (Lipinski definition) is 1. The maximum absolute atomic E-state index is 13.7. The van der Waals surface area contributed by atoms with Crippen LogP contribution >= 0.6 is 0 Å². The van der Waals surface area contributed by atoms with Crippen LogP contribution in [0.5, 0.6) is 0 Å². The second kappa shape index (κ2) is 6.52. The Bertz CT molecular complexity index is 444. The summed E-state index contributed by atoms with van der Waals surface area (Å²) in [5.74, 6) is -0.344. The van der Waals surface area contributed by atoms with E-state index in [-0.39, 0.29) is 5.82 Å². The van der Waals surface area contributed by atoms with E-state index < -0.39 is 5.97 Å². The topological polar surface area (TPSA) is 47.6 Å². The first-order chi connectivity index (χ1) is 9.20. The minimum absolute atomic E-state index is 0.342. The zero-order valence-electron chi connectivity index (χ0n) is 10.9. The Morgan fingerprint density at radius 2 is 2.21 bits per heavy atom. The average Bonchev–Trinajstić information content (AvgIpc) is 2.46. The number of benzene rings is 1. The molecular formula is C14H18FNO3. The number of rotatable bonds is 4. The summed E-state index contributed by atoms with van der Waals surface area (Å²) in [6, 6.07) is 4.18. The molecule has 1 aromatic rings. The van der Waals surface area contributed by atoms with Crippen LogP contribution in [0.4, 0.5) is 10.1 Å². The zero-order valence-corrected chi connectivity index (χ0v) is 10.9. The highest BCUT2D eigenvalue weighted by molar-refractivity contribution is 5.90. The summed E-state index contributed by atoms with van der Waals surface area (Å²) in [5.41, 5.74) is 0.688. The van der Waals surface area contributed by atoms with Crippen molar-refractivity contribution in [3.8, 4) is 0 Å². The van der Waals surface area contributed by atoms with Crippen LogP contribution in [0, 0.1) is 11.7 Å². The van der Waals surface area contributed by atoms with Gasteiger partial charge >= 0.3 is 5.97 Å². The number of methoxy groups -OCH3 is 1. The van der Waals surface area contributed by atoms with Gasteiger partial charge in [0.15, 0.2) is 0 Å². The van der Waals surface area contributed by atoms with Gasteiger partial charge in [-0.05, 0) is 37.0 Å². The fraction of sp³-hybridized carbons (Fsp3) is 0.500. The molecule has 0 radical (unpaired) electrons. The number of nitrogens with one attached hydrogen (secondary N) is 1. The van der Waals surface area contributed by atoms with Crippen LogP contribution in [-0.4, -0.2) is 32.8 Å². The maximum atomic E-state index is 13.7. The summed E-state index contributed by atoms with van der Waals surface area (Å²) in [4.78, 5) is 11.4. The molecule has 0 spiro atoms. The third kappa shape index (κ3) is 3.67. The van der Waals surface area contributed by atoms with Crippen molar-refractivity contribution < 1.29 is 18.7 Å². The minimum Gasteiger partial charge on any atom is -0.465 e. The molecule has 5 heteroatoms. The SMILES string of the molecule is COC(=O)c1ccc(F)c(NCC2CCOCC2)c1. The number of carbonyl (C=O) groups excluding carboxylic acids is 1. The Hall–Kier alpha value is -1.62. The van der Waals surface area contributed by atoms with Crippen molar-refractivity contribution in [3.05, 3.63) is 29.6 Å². The van der Waals surface area contributed by atoms with Gasteiger partial charge in [-0.2, -0.15) is 0 Å². The molecule has 1 N–H and O–H groups in total. The van der Waals surface area contributed by atoms with E-state index in [2.05, 4.69) is 10.1 Å². The molecule has 0 amide bonds. The fourth-order valence-corrected chi connectivity index (χ4v) is 2.11. The summed E-state index contributed by atoms with van der Waals surface area (Å²) < 4.78 is 23.5. The van der Waals surface area contributed by atoms with E-state index in [1.165, 1.54) is 25.3 Å². The predicted molar refractivity (Wildman–Crippen MR) is 69.8 cm³/mol. The lowest BCUT2D eigenvalue weighted by molar-refractivity contribution is 0.0600. The molecule has 19 heavy (non-hydrogen) atoms. The number of anilines is 1. The molecule has 1 aliphatic rings. The van der Waals surface area contributed by atoms with E-state index in [1.807, 2.05) is 0 Å². The van der Waals surface area contributed by atoms with Crippen molar-refractivity contribution in [2.45, 2.75) is 12.8 Å². The molecule has 0 unspecified atom stereocenters. The first-order valence-electron chi connectivity index (χ1n) is 6.40. The zero-order chi connectivity index (χ0) is 13.7. The monoisotopic (exact) mass is 267 g/mol. The van der Waals surface area contributed by atoms with Crippen LogP contribution in [0.2, 0.25) is 0 Å². The van der Waals surface area contributed by atoms with E-state index in [0.29, 0.717) is 23.7 Å². The molecule has 0 atom stereocenters. The highest BCUT2D eigenvalue weighted by Gasteiger charge is 2.15. The van der Waals surface area contributed by atoms with Gasteiger partial charge in [-0.1, -0.05) is 0 Å². The summed E-state index contributed by atoms with van der Waals surface area (Å²) in [5, 5.41) is 3.06. The van der Waals surface area contributed by atoms with Crippen LogP contribution in [0.3, 0.4) is 0 Å². The molecular weight excluding hydrogens is 249 g/mol. The smallest absolute Gasteiger partial charge is 0.337 e. The van der Waals surface area contributed by atoms with E-state index in [0.717, 1.165) is 26.1 Å². The van der Waals surface area contributed by atoms with Crippen molar-refractivity contribution in [2.24, 2.45) is 5.92 Å². The van der Waals surface area contributed by atoms with Crippen LogP contribution in [0.25, 0.3) is 0 Å². The Morgan fingerprint density at radius 3 is 2.89 bits per heavy atom. The van der Waals surface area contributed by atoms with Gasteiger partial charge in [0, 0.05) is 19.8 Å². The molecule has 1 aromatic carbocycles. The van der Waals surface area contributed by atoms with Crippen LogP contribution in [0.1, 0.15) is 23.2 Å². The van der Waals surface area contributed by atoms with Gasteiger partial charge in [0.25, 0.3) is 0 Å². The van der Waals surface area contributed by atoms with Crippen molar-refractivity contribution in [1.29, 1.82) is 0 Å². The summed E-state index contributed by atoms with van der Waals surface area (Å²) in [6.07, 6.45) is 1.95. The summed E-state index contributed by atoms with van der Waals surface area (Å²) in [6.45, 7) is 2.21. The van der Waals surface area contributed by atoms with Gasteiger partial charge in [-0.3, -0.25) is 0 Å². The molecule has 1 aliphatic heterocycles. The third-order valence-electron chi connectivity index (χ3n) is 3.31. The lowest BCUT2D eigenvalue weighted by Gasteiger charge is -2.22. The molecule has 1 heterocycles. The number of halogens is 1. The average molecular weight is 267 g/mol. The van der Waals surface area contributed by atoms with Crippen molar-refractivity contribution >= 4 is 11.7 Å². The first kappa shape index (κ1) is 13.8. The lowest BCUT2D eigenvalue weighted by atomic mass is 10.0. The quantitative estimate of drug-likeness (QED) is 0.851. The molecule has 104 valence electrons. The first-order valence-corrected chi connectivity index (χ1v) is 6.40. The Kier molecular flexibility index (Phi) is 4.74. The van der Waals surface area contributed by atoms with Gasteiger partial charge in [-0.25, -0.2) is 9.18 Å². The van der Waals surface area contributed by atoms with E-state index >= 15 is 0 Å². The van der Waals surface area contributed by atoms with Gasteiger partial charge in [0.1, 0.15) is 5.82 Å². The van der Waals surface area contributed by atoms with Crippen LogP contribution < -0.4 is 5.32 Å². The Morgan fingerprint density at radius 1 is 1.47 bits per heavy atom. The Balaban J connectivity index is 2.00. The van der Waals surface area contributed by atoms with Crippen molar-refractivity contribution in [1.82, 2.24) is 0 Å². The molecule has 2 rings (SSSR count). The van der Waals surface area contributed by atoms with Gasteiger partial charge in [-0.15, -0.1) is 0 Å². The third-order valence-corrected chi connectivity index (χ3v) is 3.31. The van der Waals surface area contributed by atoms with E-state index in [4.69, 9.17) is 4.74 Å². The van der Waals surface area contributed by atoms with Gasteiger partial charge in [0.2, 0.25) is 0 Å². The number of carbonyl (C=O) groups is 1. The molecule has 0 aromatic heterocycles. The van der Waals surface area contributed by atoms with Gasteiger partial charge in [0.05, 0.1) is 18.4 Å². The Labute approximate surface area is 111 Å². The summed E-state index contributed by atoms with van der Waals surface area (Å²) in [7, 11) is 1.31. The maximum Gasteiger partial charge on any atom is 0.337 e. The second-order valence-electron chi connectivity index (χ2n) is 4.62. The standard InChI is InChI=1S/C14H18FNO3/c1-18-14(17)11-2-3-12(15)13(8-11)16-9-10-4-6-19-7-5-10/h2-3,8,10,16H,4-7,9H2,1H3. The van der Waals surface area contributed by atoms with Crippen molar-refractivity contribution in [2.75, 3.05) is 32.2 Å². The molecule has 0 aliphatic carbocycles. The van der Waals surface area contributed by atoms with Gasteiger partial charge < -0.3 is 14.8 Å². The second-order valence-corrected chi connectivity index (χ2v) is 4.62.